The predicted octanol–water partition coefficient (Wildman–Crippen LogP) is 12.2. The smallest absolute Gasteiger partial charge is 0.220 e. The third kappa shape index (κ3) is 38.0. The molecule has 0 aliphatic carbocycles. The fourth-order valence-corrected chi connectivity index (χ4v) is 13.8. The van der Waals surface area contributed by atoms with Gasteiger partial charge in [0, 0.05) is 6.42 Å². The van der Waals surface area contributed by atoms with E-state index < -0.39 is 124 Å². The first kappa shape index (κ1) is 87.0. The van der Waals surface area contributed by atoms with Crippen LogP contribution in [0.3, 0.4) is 0 Å². The molecular weight excluding hydrogens is 1200 g/mol. The Morgan fingerprint density at radius 3 is 0.926 bits per heavy atom. The second kappa shape index (κ2) is 57.4. The number of hydrogen-bond acceptors (Lipinski definition) is 18. The number of aliphatic hydroxyl groups is 11. The van der Waals surface area contributed by atoms with Crippen LogP contribution < -0.4 is 5.32 Å². The van der Waals surface area contributed by atoms with E-state index in [1.807, 2.05) is 0 Å². The molecule has 94 heavy (non-hydrogen) atoms. The highest BCUT2D eigenvalue weighted by Crippen LogP contribution is 2.33. The van der Waals surface area contributed by atoms with Gasteiger partial charge < -0.3 is 89.9 Å². The molecule has 3 fully saturated rings. The van der Waals surface area contributed by atoms with Gasteiger partial charge in [0.25, 0.3) is 0 Å². The highest BCUT2D eigenvalue weighted by atomic mass is 16.8. The van der Waals surface area contributed by atoms with E-state index >= 15 is 0 Å². The lowest BCUT2D eigenvalue weighted by molar-refractivity contribution is -0.379. The van der Waals surface area contributed by atoms with Crippen LogP contribution in [0, 0.1) is 0 Å². The zero-order valence-corrected chi connectivity index (χ0v) is 59.5. The van der Waals surface area contributed by atoms with Crippen LogP contribution in [0.25, 0.3) is 0 Å². The molecule has 19 heteroatoms. The van der Waals surface area contributed by atoms with Crippen molar-refractivity contribution >= 4 is 5.91 Å². The Morgan fingerprint density at radius 1 is 0.340 bits per heavy atom. The van der Waals surface area contributed by atoms with Gasteiger partial charge in [-0.15, -0.1) is 0 Å². The van der Waals surface area contributed by atoms with Crippen molar-refractivity contribution in [2.75, 3.05) is 26.4 Å². The molecule has 12 N–H and O–H groups in total. The van der Waals surface area contributed by atoms with E-state index in [4.69, 9.17) is 28.4 Å². The number of carbonyl (C=O) groups is 1. The largest absolute Gasteiger partial charge is 0.394 e. The highest BCUT2D eigenvalue weighted by Gasteiger charge is 2.54. The monoisotopic (exact) mass is 1350 g/mol. The standard InChI is InChI=1S/C75H145NO18/c1-3-5-7-9-11-13-14-15-16-17-18-19-20-21-22-23-24-25-26-27-28-29-30-31-32-33-34-35-36-37-38-39-40-41-42-43-44-45-47-49-51-53-63(81)76-58(59(80)52-50-48-46-12-10-8-6-4-2)57-89-73-69(87)66(84)71(61(55-78)91-73)94-75-70(88)67(85)72(62(56-79)92-75)93-74-68(86)65(83)64(82)60(54-77)90-74/h58-62,64-75,77-80,82-88H,3-57H2,1-2H3,(H,76,81). The van der Waals surface area contributed by atoms with E-state index in [0.29, 0.717) is 12.8 Å². The average Bonchev–Trinajstić information content (AvgIpc) is 0.834. The van der Waals surface area contributed by atoms with Gasteiger partial charge in [0.05, 0.1) is 38.6 Å². The van der Waals surface area contributed by atoms with Crippen LogP contribution in [0.2, 0.25) is 0 Å². The quantitative estimate of drug-likeness (QED) is 0.0252. The van der Waals surface area contributed by atoms with Crippen LogP contribution in [-0.4, -0.2) is 193 Å². The molecule has 0 bridgehead atoms. The van der Waals surface area contributed by atoms with Crippen molar-refractivity contribution in [2.24, 2.45) is 0 Å². The summed E-state index contributed by atoms with van der Waals surface area (Å²) >= 11 is 0. The van der Waals surface area contributed by atoms with Gasteiger partial charge in [-0.2, -0.15) is 0 Å². The molecule has 19 nitrogen and oxygen atoms in total. The van der Waals surface area contributed by atoms with Crippen molar-refractivity contribution in [1.29, 1.82) is 0 Å². The van der Waals surface area contributed by atoms with Crippen molar-refractivity contribution in [3.63, 3.8) is 0 Å². The minimum Gasteiger partial charge on any atom is -0.394 e. The summed E-state index contributed by atoms with van der Waals surface area (Å²) in [6, 6.07) is -0.880. The predicted molar refractivity (Wildman–Crippen MR) is 370 cm³/mol. The molecule has 0 saturated carbocycles. The van der Waals surface area contributed by atoms with E-state index in [9.17, 15) is 61.0 Å². The second-order valence-corrected chi connectivity index (χ2v) is 28.5. The lowest BCUT2D eigenvalue weighted by atomic mass is 9.96. The van der Waals surface area contributed by atoms with Gasteiger partial charge in [0.15, 0.2) is 18.9 Å². The molecule has 3 rings (SSSR count). The first-order valence-corrected chi connectivity index (χ1v) is 39.3. The summed E-state index contributed by atoms with van der Waals surface area (Å²) in [5, 5.41) is 120. The Labute approximate surface area is 570 Å². The van der Waals surface area contributed by atoms with Crippen LogP contribution in [-0.2, 0) is 33.2 Å². The number of aliphatic hydroxyl groups excluding tert-OH is 11. The van der Waals surface area contributed by atoms with Gasteiger partial charge in [-0.3, -0.25) is 4.79 Å². The molecule has 0 aromatic heterocycles. The van der Waals surface area contributed by atoms with Gasteiger partial charge in [0.1, 0.15) is 73.2 Å². The zero-order valence-electron chi connectivity index (χ0n) is 59.5. The van der Waals surface area contributed by atoms with Crippen LogP contribution in [0.1, 0.15) is 341 Å². The maximum atomic E-state index is 13.4. The Morgan fingerprint density at radius 2 is 0.606 bits per heavy atom. The first-order chi connectivity index (χ1) is 45.8. The molecule has 558 valence electrons. The molecular formula is C75H145NO18. The molecule has 0 spiro atoms. The van der Waals surface area contributed by atoms with Crippen LogP contribution >= 0.6 is 0 Å². The Bertz CT molecular complexity index is 1700. The molecule has 17 atom stereocenters. The summed E-state index contributed by atoms with van der Waals surface area (Å²) in [6.07, 6.45) is 38.6. The van der Waals surface area contributed by atoms with E-state index in [0.717, 1.165) is 44.9 Å². The molecule has 3 heterocycles. The first-order valence-electron chi connectivity index (χ1n) is 39.3. The topological polar surface area (TPSA) is 307 Å². The summed E-state index contributed by atoms with van der Waals surface area (Å²) in [6.45, 7) is 1.79. The van der Waals surface area contributed by atoms with Crippen LogP contribution in [0.4, 0.5) is 0 Å². The van der Waals surface area contributed by atoms with E-state index in [-0.39, 0.29) is 18.9 Å². The van der Waals surface area contributed by atoms with Crippen molar-refractivity contribution in [3.8, 4) is 0 Å². The molecule has 3 aliphatic heterocycles. The van der Waals surface area contributed by atoms with E-state index in [1.54, 1.807) is 0 Å². The Kier molecular flexibility index (Phi) is 53.1. The van der Waals surface area contributed by atoms with Crippen molar-refractivity contribution < 1.29 is 89.4 Å². The summed E-state index contributed by atoms with van der Waals surface area (Å²) in [5.74, 6) is -0.238. The number of carbonyl (C=O) groups excluding carboxylic acids is 1. The van der Waals surface area contributed by atoms with Gasteiger partial charge in [-0.05, 0) is 12.8 Å². The van der Waals surface area contributed by atoms with Crippen molar-refractivity contribution in [2.45, 2.75) is 446 Å². The molecule has 0 aromatic rings. The van der Waals surface area contributed by atoms with Crippen molar-refractivity contribution in [1.82, 2.24) is 5.32 Å². The summed E-state index contributed by atoms with van der Waals surface area (Å²) in [7, 11) is 0. The number of ether oxygens (including phenoxy) is 6. The van der Waals surface area contributed by atoms with E-state index in [2.05, 4.69) is 19.2 Å². The molecule has 3 aliphatic rings. The number of unbranched alkanes of at least 4 members (excludes halogenated alkanes) is 47. The Hall–Kier alpha value is -1.21. The lowest BCUT2D eigenvalue weighted by Crippen LogP contribution is -2.66. The van der Waals surface area contributed by atoms with Crippen LogP contribution in [0.15, 0.2) is 0 Å². The third-order valence-corrected chi connectivity index (χ3v) is 20.2. The van der Waals surface area contributed by atoms with Crippen molar-refractivity contribution in [3.05, 3.63) is 0 Å². The summed E-state index contributed by atoms with van der Waals surface area (Å²) in [4.78, 5) is 13.4. The molecule has 0 radical (unpaired) electrons. The molecule has 3 saturated heterocycles. The lowest BCUT2D eigenvalue weighted by Gasteiger charge is -2.48. The SMILES string of the molecule is CCCCCCCCCCCCCCCCCCCCCCCCCCCCCCCCCCCCCCCCCCCC(=O)NC(COC1OC(CO)C(OC2OC(CO)C(OC3OC(CO)C(O)C(O)C3O)C(O)C2O)C(O)C1O)C(O)CCCCCCCCCC. The fourth-order valence-electron chi connectivity index (χ4n) is 13.8. The number of nitrogens with one attached hydrogen (secondary N) is 1. The normalized spacial score (nSPS) is 27.3. The number of amides is 1. The maximum Gasteiger partial charge on any atom is 0.220 e. The molecule has 1 amide bonds. The Balaban J connectivity index is 1.21. The summed E-state index contributed by atoms with van der Waals surface area (Å²) < 4.78 is 34.3. The fraction of sp³-hybridized carbons (Fsp3) is 0.987. The van der Waals surface area contributed by atoms with Gasteiger partial charge >= 0.3 is 0 Å². The average molecular weight is 1350 g/mol. The second-order valence-electron chi connectivity index (χ2n) is 28.5. The molecule has 0 aromatic carbocycles. The molecule has 17 unspecified atom stereocenters. The minimum absolute atomic E-state index is 0.238. The van der Waals surface area contributed by atoms with E-state index in [1.165, 1.54) is 263 Å². The maximum absolute atomic E-state index is 13.4. The highest BCUT2D eigenvalue weighted by molar-refractivity contribution is 5.76. The van der Waals surface area contributed by atoms with Gasteiger partial charge in [-0.25, -0.2) is 0 Å². The van der Waals surface area contributed by atoms with Gasteiger partial charge in [-0.1, -0.05) is 322 Å². The minimum atomic E-state index is -1.97. The number of rotatable bonds is 63. The van der Waals surface area contributed by atoms with Gasteiger partial charge in [0.2, 0.25) is 5.91 Å². The third-order valence-electron chi connectivity index (χ3n) is 20.2. The number of hydrogen-bond donors (Lipinski definition) is 12. The zero-order chi connectivity index (χ0) is 68.2. The van der Waals surface area contributed by atoms with Crippen LogP contribution in [0.5, 0.6) is 0 Å². The summed E-state index contributed by atoms with van der Waals surface area (Å²) in [5.41, 5.74) is 0.